The van der Waals surface area contributed by atoms with Crippen LogP contribution in [-0.2, 0) is 26.2 Å². The van der Waals surface area contributed by atoms with E-state index in [9.17, 15) is 18.0 Å². The molecule has 0 aromatic heterocycles. The average Bonchev–Trinajstić information content (AvgIpc) is 2.90. The molecule has 0 aliphatic rings. The molecule has 3 rings (SSSR count). The van der Waals surface area contributed by atoms with Crippen LogP contribution in [0.25, 0.3) is 0 Å². The molecular weight excluding hydrogens is 550 g/mol. The van der Waals surface area contributed by atoms with Crippen LogP contribution in [0.4, 0.5) is 5.69 Å². The molecule has 40 heavy (non-hydrogen) atoms. The maximum Gasteiger partial charge on any atom is 0.264 e. The van der Waals surface area contributed by atoms with E-state index in [4.69, 9.17) is 16.3 Å². The topological polar surface area (TPSA) is 96.0 Å². The Morgan fingerprint density at radius 1 is 1.00 bits per heavy atom. The Balaban J connectivity index is 2.07. The highest BCUT2D eigenvalue weighted by Gasteiger charge is 2.33. The maximum atomic E-state index is 14.0. The summed E-state index contributed by atoms with van der Waals surface area (Å²) in [5, 5.41) is 3.11. The Hall–Kier alpha value is -3.56. The average molecular weight is 586 g/mol. The fourth-order valence-electron chi connectivity index (χ4n) is 4.09. The summed E-state index contributed by atoms with van der Waals surface area (Å²) in [7, 11) is -2.73. The van der Waals surface area contributed by atoms with E-state index in [0.717, 1.165) is 15.4 Å². The monoisotopic (exact) mass is 585 g/mol. The molecule has 1 atom stereocenters. The summed E-state index contributed by atoms with van der Waals surface area (Å²) in [5.41, 5.74) is 1.45. The van der Waals surface area contributed by atoms with Gasteiger partial charge in [0.25, 0.3) is 10.0 Å². The molecule has 3 aromatic carbocycles. The van der Waals surface area contributed by atoms with Crippen molar-refractivity contribution < 1.29 is 22.7 Å². The van der Waals surface area contributed by atoms with Crippen molar-refractivity contribution in [3.05, 3.63) is 88.9 Å². The van der Waals surface area contributed by atoms with Crippen molar-refractivity contribution in [3.63, 3.8) is 0 Å². The summed E-state index contributed by atoms with van der Waals surface area (Å²) < 4.78 is 34.0. The van der Waals surface area contributed by atoms with Crippen molar-refractivity contribution in [2.45, 2.75) is 57.6 Å². The Morgan fingerprint density at radius 2 is 1.62 bits per heavy atom. The normalized spacial score (nSPS) is 12.4. The lowest BCUT2D eigenvalue weighted by Crippen LogP contribution is -2.54. The molecule has 0 saturated carbocycles. The van der Waals surface area contributed by atoms with Crippen molar-refractivity contribution in [1.29, 1.82) is 0 Å². The van der Waals surface area contributed by atoms with Gasteiger partial charge in [-0.3, -0.25) is 13.9 Å². The Kier molecular flexibility index (Phi) is 9.87. The molecule has 0 aliphatic carbocycles. The lowest BCUT2D eigenvalue weighted by molar-refractivity contribution is -0.140. The van der Waals surface area contributed by atoms with Gasteiger partial charge in [0.1, 0.15) is 18.3 Å². The smallest absolute Gasteiger partial charge is 0.264 e. The number of carbonyl (C=O) groups is 2. The van der Waals surface area contributed by atoms with Crippen LogP contribution in [0.1, 0.15) is 38.8 Å². The van der Waals surface area contributed by atoms with Gasteiger partial charge in [0.2, 0.25) is 11.8 Å². The predicted molar refractivity (Wildman–Crippen MR) is 158 cm³/mol. The third-order valence-corrected chi connectivity index (χ3v) is 8.38. The van der Waals surface area contributed by atoms with Crippen molar-refractivity contribution in [3.8, 4) is 5.75 Å². The highest BCUT2D eigenvalue weighted by Crippen LogP contribution is 2.32. The zero-order chi connectivity index (χ0) is 29.7. The van der Waals surface area contributed by atoms with Crippen LogP contribution >= 0.6 is 11.6 Å². The van der Waals surface area contributed by atoms with Gasteiger partial charge in [-0.05, 0) is 76.1 Å². The third kappa shape index (κ3) is 7.55. The number of aryl methyl sites for hydroxylation is 1. The Bertz CT molecular complexity index is 1460. The van der Waals surface area contributed by atoms with Crippen molar-refractivity contribution in [1.82, 2.24) is 10.2 Å². The fourth-order valence-corrected chi connectivity index (χ4v) is 5.77. The first-order valence-electron chi connectivity index (χ1n) is 12.8. The summed E-state index contributed by atoms with van der Waals surface area (Å²) in [6, 6.07) is 19.0. The number of methoxy groups -OCH3 is 1. The number of halogens is 1. The molecule has 1 N–H and O–H groups in total. The van der Waals surface area contributed by atoms with E-state index >= 15 is 0 Å². The van der Waals surface area contributed by atoms with Gasteiger partial charge in [0.05, 0.1) is 22.7 Å². The van der Waals surface area contributed by atoms with E-state index in [1.165, 1.54) is 36.3 Å². The molecule has 2 amide bonds. The van der Waals surface area contributed by atoms with Gasteiger partial charge in [-0.25, -0.2) is 8.42 Å². The van der Waals surface area contributed by atoms with E-state index in [-0.39, 0.29) is 28.1 Å². The van der Waals surface area contributed by atoms with E-state index < -0.39 is 34.1 Å². The SMILES string of the molecule is COc1ccc(N(CC(=O)N(Cc2ccccc2C)[C@H](C)C(=O)NC(C)(C)C)S(=O)(=O)c2ccccc2)cc1Cl. The van der Waals surface area contributed by atoms with Crippen LogP contribution in [0, 0.1) is 6.92 Å². The van der Waals surface area contributed by atoms with Gasteiger partial charge in [-0.2, -0.15) is 0 Å². The quantitative estimate of drug-likeness (QED) is 0.353. The first kappa shape index (κ1) is 31.0. The number of nitrogens with zero attached hydrogens (tertiary/aromatic N) is 2. The minimum absolute atomic E-state index is 0.0127. The number of hydrogen-bond donors (Lipinski definition) is 1. The molecule has 0 fully saturated rings. The molecule has 3 aromatic rings. The van der Waals surface area contributed by atoms with Gasteiger partial charge in [0, 0.05) is 12.1 Å². The van der Waals surface area contributed by atoms with Gasteiger partial charge in [-0.15, -0.1) is 0 Å². The molecule has 0 unspecified atom stereocenters. The molecule has 214 valence electrons. The lowest BCUT2D eigenvalue weighted by Gasteiger charge is -2.33. The Morgan fingerprint density at radius 3 is 2.20 bits per heavy atom. The number of rotatable bonds is 10. The van der Waals surface area contributed by atoms with Crippen LogP contribution in [0.2, 0.25) is 5.02 Å². The number of carbonyl (C=O) groups excluding carboxylic acids is 2. The van der Waals surface area contributed by atoms with Crippen LogP contribution in [0.3, 0.4) is 0 Å². The standard InChI is InChI=1S/C30H36ClN3O5S/c1-21-12-10-11-13-23(21)19-33(22(2)29(36)32-30(3,4)5)28(35)20-34(24-16-17-27(39-6)26(31)18-24)40(37,38)25-14-8-7-9-15-25/h7-18,22H,19-20H2,1-6H3,(H,32,36)/t22-/m1/s1. The van der Waals surface area contributed by atoms with Crippen LogP contribution in [0.15, 0.2) is 77.7 Å². The van der Waals surface area contributed by atoms with Gasteiger partial charge >= 0.3 is 0 Å². The number of benzene rings is 3. The number of ether oxygens (including phenoxy) is 1. The molecule has 0 bridgehead atoms. The van der Waals surface area contributed by atoms with E-state index in [1.54, 1.807) is 31.2 Å². The number of amides is 2. The van der Waals surface area contributed by atoms with Crippen molar-refractivity contribution in [2.24, 2.45) is 0 Å². The highest BCUT2D eigenvalue weighted by molar-refractivity contribution is 7.92. The van der Waals surface area contributed by atoms with Crippen LogP contribution in [-0.4, -0.2) is 50.4 Å². The Labute approximate surface area is 241 Å². The summed E-state index contributed by atoms with van der Waals surface area (Å²) in [4.78, 5) is 28.6. The second kappa shape index (κ2) is 12.7. The summed E-state index contributed by atoms with van der Waals surface area (Å²) in [5.74, 6) is -0.534. The molecule has 0 aliphatic heterocycles. The fraction of sp³-hybridized carbons (Fsp3) is 0.333. The van der Waals surface area contributed by atoms with Crippen molar-refractivity contribution >= 4 is 39.1 Å². The molecule has 8 nitrogen and oxygen atoms in total. The number of anilines is 1. The minimum Gasteiger partial charge on any atom is -0.495 e. The first-order valence-corrected chi connectivity index (χ1v) is 14.6. The molecular formula is C30H36ClN3O5S. The summed E-state index contributed by atoms with van der Waals surface area (Å²) >= 11 is 6.35. The predicted octanol–water partition coefficient (Wildman–Crippen LogP) is 5.18. The summed E-state index contributed by atoms with van der Waals surface area (Å²) in [6.45, 7) is 8.68. The zero-order valence-corrected chi connectivity index (χ0v) is 25.2. The second-order valence-corrected chi connectivity index (χ2v) is 12.8. The van der Waals surface area contributed by atoms with Gasteiger partial charge in [-0.1, -0.05) is 54.1 Å². The van der Waals surface area contributed by atoms with Gasteiger partial charge < -0.3 is 15.0 Å². The largest absolute Gasteiger partial charge is 0.495 e. The van der Waals surface area contributed by atoms with Crippen LogP contribution in [0.5, 0.6) is 5.75 Å². The molecule has 0 saturated heterocycles. The zero-order valence-electron chi connectivity index (χ0n) is 23.6. The molecule has 0 heterocycles. The van der Waals surface area contributed by atoms with Gasteiger partial charge in [0.15, 0.2) is 0 Å². The number of hydrogen-bond acceptors (Lipinski definition) is 5. The van der Waals surface area contributed by atoms with Crippen LogP contribution < -0.4 is 14.4 Å². The number of sulfonamides is 1. The maximum absolute atomic E-state index is 14.0. The van der Waals surface area contributed by atoms with Crippen molar-refractivity contribution in [2.75, 3.05) is 18.0 Å². The minimum atomic E-state index is -4.19. The highest BCUT2D eigenvalue weighted by atomic mass is 35.5. The third-order valence-electron chi connectivity index (χ3n) is 6.30. The number of nitrogens with one attached hydrogen (secondary N) is 1. The van der Waals surface area contributed by atoms with E-state index in [1.807, 2.05) is 52.0 Å². The lowest BCUT2D eigenvalue weighted by atomic mass is 10.1. The summed E-state index contributed by atoms with van der Waals surface area (Å²) in [6.07, 6.45) is 0. The molecule has 0 spiro atoms. The molecule has 0 radical (unpaired) electrons. The second-order valence-electron chi connectivity index (χ2n) is 10.5. The molecule has 10 heteroatoms. The van der Waals surface area contributed by atoms with E-state index in [2.05, 4.69) is 5.32 Å². The van der Waals surface area contributed by atoms with E-state index in [0.29, 0.717) is 5.75 Å². The first-order chi connectivity index (χ1) is 18.7.